The molecule has 0 aliphatic carbocycles. The zero-order valence-electron chi connectivity index (χ0n) is 8.56. The zero-order chi connectivity index (χ0) is 10.7. The molecule has 1 saturated heterocycles. The van der Waals surface area contributed by atoms with Crippen LogP contribution in [0.2, 0.25) is 0 Å². The number of ether oxygens (including phenoxy) is 1. The first-order chi connectivity index (χ1) is 7.25. The van der Waals surface area contributed by atoms with Gasteiger partial charge in [-0.2, -0.15) is 5.10 Å². The molecule has 2 heterocycles. The third kappa shape index (κ3) is 2.56. The Morgan fingerprint density at radius 3 is 3.20 bits per heavy atom. The van der Waals surface area contributed by atoms with Crippen LogP contribution < -0.4 is 11.3 Å². The van der Waals surface area contributed by atoms with E-state index >= 15 is 0 Å². The number of nitrogens with zero attached hydrogens (tertiary/aromatic N) is 2. The summed E-state index contributed by atoms with van der Waals surface area (Å²) < 4.78 is 6.90. The molecule has 1 aromatic heterocycles. The standard InChI is InChI=1S/C10H15N3O2/c11-8-6-10(14)13(12-7-8)4-3-9-2-1-5-15-9/h6-7,9H,1-5,11H2. The van der Waals surface area contributed by atoms with Crippen LogP contribution in [0, 0.1) is 0 Å². The van der Waals surface area contributed by atoms with Crippen LogP contribution in [0.4, 0.5) is 5.69 Å². The van der Waals surface area contributed by atoms with E-state index in [0.29, 0.717) is 12.2 Å². The Morgan fingerprint density at radius 1 is 1.67 bits per heavy atom. The molecule has 1 unspecified atom stereocenters. The van der Waals surface area contributed by atoms with Crippen LogP contribution >= 0.6 is 0 Å². The van der Waals surface area contributed by atoms with Crippen molar-refractivity contribution < 1.29 is 4.74 Å². The molecular weight excluding hydrogens is 194 g/mol. The van der Waals surface area contributed by atoms with Gasteiger partial charge in [0.25, 0.3) is 5.56 Å². The summed E-state index contributed by atoms with van der Waals surface area (Å²) in [5, 5.41) is 3.96. The van der Waals surface area contributed by atoms with E-state index in [0.717, 1.165) is 25.9 Å². The van der Waals surface area contributed by atoms with Crippen molar-refractivity contribution in [3.63, 3.8) is 0 Å². The molecule has 1 aliphatic rings. The van der Waals surface area contributed by atoms with Crippen molar-refractivity contribution >= 4 is 5.69 Å². The molecule has 0 saturated carbocycles. The fraction of sp³-hybridized carbons (Fsp3) is 0.600. The van der Waals surface area contributed by atoms with Crippen LogP contribution in [-0.2, 0) is 11.3 Å². The van der Waals surface area contributed by atoms with Gasteiger partial charge < -0.3 is 10.5 Å². The second kappa shape index (κ2) is 4.44. The SMILES string of the molecule is Nc1cnn(CCC2CCCO2)c(=O)c1. The molecule has 15 heavy (non-hydrogen) atoms. The molecular formula is C10H15N3O2. The Balaban J connectivity index is 1.95. The highest BCUT2D eigenvalue weighted by molar-refractivity contribution is 5.31. The third-order valence-corrected chi connectivity index (χ3v) is 2.58. The first-order valence-corrected chi connectivity index (χ1v) is 5.20. The Kier molecular flexibility index (Phi) is 3.01. The lowest BCUT2D eigenvalue weighted by Crippen LogP contribution is -2.24. The minimum absolute atomic E-state index is 0.145. The van der Waals surface area contributed by atoms with Gasteiger partial charge in [0.15, 0.2) is 0 Å². The van der Waals surface area contributed by atoms with Gasteiger partial charge >= 0.3 is 0 Å². The van der Waals surface area contributed by atoms with Gasteiger partial charge in [-0.1, -0.05) is 0 Å². The number of anilines is 1. The number of aryl methyl sites for hydroxylation is 1. The number of hydrogen-bond acceptors (Lipinski definition) is 4. The highest BCUT2D eigenvalue weighted by Crippen LogP contribution is 2.15. The van der Waals surface area contributed by atoms with Gasteiger partial charge in [-0.05, 0) is 19.3 Å². The molecule has 0 spiro atoms. The van der Waals surface area contributed by atoms with E-state index in [2.05, 4.69) is 5.10 Å². The van der Waals surface area contributed by atoms with E-state index in [1.165, 1.54) is 16.9 Å². The minimum atomic E-state index is -0.145. The number of nitrogens with two attached hydrogens (primary N) is 1. The molecule has 1 aliphatic heterocycles. The molecule has 0 radical (unpaired) electrons. The Labute approximate surface area is 87.8 Å². The molecule has 5 heteroatoms. The van der Waals surface area contributed by atoms with Gasteiger partial charge in [0.05, 0.1) is 18.0 Å². The predicted octanol–water partition coefficient (Wildman–Crippen LogP) is 0.395. The lowest BCUT2D eigenvalue weighted by molar-refractivity contribution is 0.0990. The number of aromatic nitrogens is 2. The fourth-order valence-corrected chi connectivity index (χ4v) is 1.75. The van der Waals surface area contributed by atoms with Crippen molar-refractivity contribution in [2.45, 2.75) is 31.9 Å². The second-order valence-electron chi connectivity index (χ2n) is 3.77. The summed E-state index contributed by atoms with van der Waals surface area (Å²) in [6, 6.07) is 1.39. The third-order valence-electron chi connectivity index (χ3n) is 2.58. The van der Waals surface area contributed by atoms with Gasteiger partial charge in [-0.15, -0.1) is 0 Å². The average molecular weight is 209 g/mol. The van der Waals surface area contributed by atoms with E-state index in [4.69, 9.17) is 10.5 Å². The first kappa shape index (κ1) is 10.2. The molecule has 1 fully saturated rings. The fourth-order valence-electron chi connectivity index (χ4n) is 1.75. The van der Waals surface area contributed by atoms with Crippen LogP contribution in [0.5, 0.6) is 0 Å². The summed E-state index contributed by atoms with van der Waals surface area (Å²) in [5.41, 5.74) is 5.71. The number of nitrogen functional groups attached to an aromatic ring is 1. The summed E-state index contributed by atoms with van der Waals surface area (Å²) in [7, 11) is 0. The molecule has 0 amide bonds. The van der Waals surface area contributed by atoms with Gasteiger partial charge in [0.1, 0.15) is 0 Å². The monoisotopic (exact) mass is 209 g/mol. The van der Waals surface area contributed by atoms with Crippen molar-refractivity contribution in [3.05, 3.63) is 22.6 Å². The van der Waals surface area contributed by atoms with Gasteiger partial charge in [-0.3, -0.25) is 4.79 Å². The smallest absolute Gasteiger partial charge is 0.268 e. The summed E-state index contributed by atoms with van der Waals surface area (Å²) >= 11 is 0. The lowest BCUT2D eigenvalue weighted by atomic mass is 10.2. The van der Waals surface area contributed by atoms with Crippen LogP contribution in [0.1, 0.15) is 19.3 Å². The van der Waals surface area contributed by atoms with Crippen molar-refractivity contribution in [1.29, 1.82) is 0 Å². The Bertz CT molecular complexity index is 382. The molecule has 0 bridgehead atoms. The van der Waals surface area contributed by atoms with Gasteiger partial charge in [0, 0.05) is 19.2 Å². The van der Waals surface area contributed by atoms with E-state index in [1.54, 1.807) is 0 Å². The van der Waals surface area contributed by atoms with E-state index < -0.39 is 0 Å². The lowest BCUT2D eigenvalue weighted by Gasteiger charge is -2.09. The van der Waals surface area contributed by atoms with E-state index in [1.807, 2.05) is 0 Å². The molecule has 0 aromatic carbocycles. The molecule has 1 aromatic rings. The molecule has 2 N–H and O–H groups in total. The Hall–Kier alpha value is -1.36. The van der Waals surface area contributed by atoms with Crippen molar-refractivity contribution in [2.24, 2.45) is 0 Å². The average Bonchev–Trinajstić information content (AvgIpc) is 2.69. The molecule has 5 nitrogen and oxygen atoms in total. The van der Waals surface area contributed by atoms with Gasteiger partial charge in [-0.25, -0.2) is 4.68 Å². The predicted molar refractivity (Wildman–Crippen MR) is 56.5 cm³/mol. The Morgan fingerprint density at radius 2 is 2.53 bits per heavy atom. The second-order valence-corrected chi connectivity index (χ2v) is 3.77. The number of hydrogen-bond donors (Lipinski definition) is 1. The van der Waals surface area contributed by atoms with Crippen molar-refractivity contribution in [2.75, 3.05) is 12.3 Å². The first-order valence-electron chi connectivity index (χ1n) is 5.20. The van der Waals surface area contributed by atoms with Crippen LogP contribution in [0.25, 0.3) is 0 Å². The molecule has 82 valence electrons. The van der Waals surface area contributed by atoms with Crippen molar-refractivity contribution in [3.8, 4) is 0 Å². The highest BCUT2D eigenvalue weighted by Gasteiger charge is 2.15. The van der Waals surface area contributed by atoms with Crippen LogP contribution in [-0.4, -0.2) is 22.5 Å². The molecule has 1 atom stereocenters. The van der Waals surface area contributed by atoms with Crippen LogP contribution in [0.3, 0.4) is 0 Å². The summed E-state index contributed by atoms with van der Waals surface area (Å²) in [5.74, 6) is 0. The maximum atomic E-state index is 11.4. The quantitative estimate of drug-likeness (QED) is 0.782. The highest BCUT2D eigenvalue weighted by atomic mass is 16.5. The zero-order valence-corrected chi connectivity index (χ0v) is 8.56. The normalized spacial score (nSPS) is 20.7. The summed E-state index contributed by atoms with van der Waals surface area (Å²) in [6.45, 7) is 1.44. The maximum Gasteiger partial charge on any atom is 0.268 e. The summed E-state index contributed by atoms with van der Waals surface area (Å²) in [4.78, 5) is 11.4. The van der Waals surface area contributed by atoms with Crippen LogP contribution in [0.15, 0.2) is 17.1 Å². The largest absolute Gasteiger partial charge is 0.397 e. The minimum Gasteiger partial charge on any atom is -0.397 e. The number of rotatable bonds is 3. The van der Waals surface area contributed by atoms with E-state index in [9.17, 15) is 4.79 Å². The van der Waals surface area contributed by atoms with Crippen molar-refractivity contribution in [1.82, 2.24) is 9.78 Å². The summed E-state index contributed by atoms with van der Waals surface area (Å²) in [6.07, 6.45) is 4.84. The maximum absolute atomic E-state index is 11.4. The topological polar surface area (TPSA) is 70.1 Å². The van der Waals surface area contributed by atoms with Gasteiger partial charge in [0.2, 0.25) is 0 Å². The molecule has 2 rings (SSSR count). The van der Waals surface area contributed by atoms with E-state index in [-0.39, 0.29) is 11.7 Å².